The van der Waals surface area contributed by atoms with E-state index in [1.807, 2.05) is 0 Å². The molecule has 1 rings (SSSR count). The summed E-state index contributed by atoms with van der Waals surface area (Å²) in [6, 6.07) is 3.45. The summed E-state index contributed by atoms with van der Waals surface area (Å²) in [4.78, 5) is 11.1. The fourth-order valence-electron chi connectivity index (χ4n) is 1.25. The normalized spacial score (nSPS) is 10.2. The van der Waals surface area contributed by atoms with Crippen molar-refractivity contribution in [2.75, 3.05) is 23.8 Å². The Morgan fingerprint density at radius 2 is 2.00 bits per heavy atom. The summed E-state index contributed by atoms with van der Waals surface area (Å²) in [6.45, 7) is 7.26. The predicted octanol–water partition coefficient (Wildman–Crippen LogP) is 2.50. The molecule has 1 heterocycles. The molecule has 1 aromatic rings. The van der Waals surface area contributed by atoms with Crippen LogP contribution in [0.25, 0.3) is 0 Å². The van der Waals surface area contributed by atoms with E-state index in [1.165, 1.54) is 0 Å². The molecule has 0 aromatic carbocycles. The number of nitrogens with one attached hydrogen (secondary N) is 2. The van der Waals surface area contributed by atoms with Crippen LogP contribution in [0, 0.1) is 5.92 Å². The van der Waals surface area contributed by atoms with Gasteiger partial charge in [-0.1, -0.05) is 13.8 Å². The monoisotopic (exact) mass is 252 g/mol. The maximum Gasteiger partial charge on any atom is 0.412 e. The number of anilines is 2. The molecule has 2 N–H and O–H groups in total. The van der Waals surface area contributed by atoms with Crippen LogP contribution >= 0.6 is 0 Å². The highest BCUT2D eigenvalue weighted by molar-refractivity contribution is 5.83. The molecule has 0 saturated carbocycles. The van der Waals surface area contributed by atoms with Gasteiger partial charge in [-0.05, 0) is 31.4 Å². The number of amides is 1. The van der Waals surface area contributed by atoms with E-state index < -0.39 is 6.09 Å². The van der Waals surface area contributed by atoms with Gasteiger partial charge >= 0.3 is 6.09 Å². The number of hydrogen-bond donors (Lipinski definition) is 2. The fraction of sp³-hybridized carbons (Fsp3) is 0.583. The van der Waals surface area contributed by atoms with Crippen molar-refractivity contribution >= 4 is 17.7 Å². The van der Waals surface area contributed by atoms with Crippen LogP contribution in [-0.2, 0) is 4.74 Å². The summed E-state index contributed by atoms with van der Waals surface area (Å²) >= 11 is 0. The van der Waals surface area contributed by atoms with Crippen molar-refractivity contribution in [1.82, 2.24) is 10.2 Å². The Balaban J connectivity index is 2.40. The van der Waals surface area contributed by atoms with Gasteiger partial charge in [-0.3, -0.25) is 5.32 Å². The van der Waals surface area contributed by atoms with Crippen molar-refractivity contribution in [3.8, 4) is 0 Å². The molecule has 0 radical (unpaired) electrons. The van der Waals surface area contributed by atoms with E-state index in [2.05, 4.69) is 34.7 Å². The lowest BCUT2D eigenvalue weighted by atomic mass is 10.1. The molecule has 0 spiro atoms. The summed E-state index contributed by atoms with van der Waals surface area (Å²) in [7, 11) is 0. The first kappa shape index (κ1) is 14.2. The van der Waals surface area contributed by atoms with Gasteiger partial charge in [0.1, 0.15) is 5.82 Å². The number of nitrogens with zero attached hydrogens (tertiary/aromatic N) is 2. The molecule has 100 valence electrons. The van der Waals surface area contributed by atoms with E-state index in [9.17, 15) is 4.79 Å². The highest BCUT2D eigenvalue weighted by Gasteiger charge is 2.03. The Hall–Kier alpha value is -1.85. The molecule has 0 aliphatic heterocycles. The van der Waals surface area contributed by atoms with E-state index in [1.54, 1.807) is 19.1 Å². The first-order chi connectivity index (χ1) is 8.61. The van der Waals surface area contributed by atoms with Crippen LogP contribution in [0.1, 0.15) is 27.2 Å². The van der Waals surface area contributed by atoms with Gasteiger partial charge in [-0.15, -0.1) is 10.2 Å². The standard InChI is InChI=1S/C12H20N4O2/c1-4-18-12(17)14-11-6-5-10(15-16-11)13-8-7-9(2)3/h5-6,9H,4,7-8H2,1-3H3,(H,13,15)(H,14,16,17). The molecule has 0 bridgehead atoms. The van der Waals surface area contributed by atoms with Crippen LogP contribution in [0.3, 0.4) is 0 Å². The summed E-state index contributed by atoms with van der Waals surface area (Å²) < 4.78 is 4.73. The first-order valence-corrected chi connectivity index (χ1v) is 6.13. The van der Waals surface area contributed by atoms with Crippen molar-refractivity contribution < 1.29 is 9.53 Å². The lowest BCUT2D eigenvalue weighted by Crippen LogP contribution is -2.15. The summed E-state index contributed by atoms with van der Waals surface area (Å²) in [5.74, 6) is 1.73. The number of rotatable bonds is 6. The van der Waals surface area contributed by atoms with Gasteiger partial charge in [0.2, 0.25) is 0 Å². The van der Waals surface area contributed by atoms with Crippen LogP contribution in [0.4, 0.5) is 16.4 Å². The van der Waals surface area contributed by atoms with Crippen molar-refractivity contribution in [3.05, 3.63) is 12.1 Å². The number of carbonyl (C=O) groups is 1. The summed E-state index contributed by atoms with van der Waals surface area (Å²) in [6.07, 6.45) is 0.553. The SMILES string of the molecule is CCOC(=O)Nc1ccc(NCCC(C)C)nn1. The number of carbonyl (C=O) groups excluding carboxylic acids is 1. The van der Waals surface area contributed by atoms with Crippen molar-refractivity contribution in [2.24, 2.45) is 5.92 Å². The first-order valence-electron chi connectivity index (χ1n) is 6.13. The van der Waals surface area contributed by atoms with E-state index in [4.69, 9.17) is 4.74 Å². The molecule has 0 unspecified atom stereocenters. The lowest BCUT2D eigenvalue weighted by Gasteiger charge is -2.07. The molecule has 0 aliphatic rings. The van der Waals surface area contributed by atoms with Gasteiger partial charge < -0.3 is 10.1 Å². The van der Waals surface area contributed by atoms with Crippen LogP contribution in [0.15, 0.2) is 12.1 Å². The molecule has 1 aromatic heterocycles. The van der Waals surface area contributed by atoms with Gasteiger partial charge in [0.05, 0.1) is 6.61 Å². The number of aromatic nitrogens is 2. The molecule has 0 saturated heterocycles. The third kappa shape index (κ3) is 5.47. The van der Waals surface area contributed by atoms with E-state index in [0.29, 0.717) is 24.2 Å². The van der Waals surface area contributed by atoms with Gasteiger partial charge in [0, 0.05) is 6.54 Å². The van der Waals surface area contributed by atoms with Crippen LogP contribution in [-0.4, -0.2) is 29.4 Å². The molecule has 1 amide bonds. The second-order valence-electron chi connectivity index (χ2n) is 4.26. The minimum atomic E-state index is -0.521. The molecule has 0 atom stereocenters. The van der Waals surface area contributed by atoms with Crippen molar-refractivity contribution in [1.29, 1.82) is 0 Å². The number of hydrogen-bond acceptors (Lipinski definition) is 5. The Labute approximate surface area is 107 Å². The maximum atomic E-state index is 11.1. The second kappa shape index (κ2) is 7.47. The molecular weight excluding hydrogens is 232 g/mol. The van der Waals surface area contributed by atoms with Crippen molar-refractivity contribution in [3.63, 3.8) is 0 Å². The van der Waals surface area contributed by atoms with Gasteiger partial charge in [0.25, 0.3) is 0 Å². The highest BCUT2D eigenvalue weighted by atomic mass is 16.5. The third-order valence-electron chi connectivity index (χ3n) is 2.20. The van der Waals surface area contributed by atoms with E-state index in [0.717, 1.165) is 13.0 Å². The molecule has 0 fully saturated rings. The molecule has 6 nitrogen and oxygen atoms in total. The van der Waals surface area contributed by atoms with Crippen molar-refractivity contribution in [2.45, 2.75) is 27.2 Å². The fourth-order valence-corrected chi connectivity index (χ4v) is 1.25. The van der Waals surface area contributed by atoms with Crippen LogP contribution in [0.5, 0.6) is 0 Å². The van der Waals surface area contributed by atoms with E-state index >= 15 is 0 Å². The largest absolute Gasteiger partial charge is 0.450 e. The Kier molecular flexibility index (Phi) is 5.90. The smallest absolute Gasteiger partial charge is 0.412 e. The van der Waals surface area contributed by atoms with Gasteiger partial charge in [0.15, 0.2) is 5.82 Å². The van der Waals surface area contributed by atoms with E-state index in [-0.39, 0.29) is 0 Å². The topological polar surface area (TPSA) is 76.1 Å². The lowest BCUT2D eigenvalue weighted by molar-refractivity contribution is 0.168. The molecular formula is C12H20N4O2. The molecule has 18 heavy (non-hydrogen) atoms. The number of ether oxygens (including phenoxy) is 1. The minimum absolute atomic E-state index is 0.327. The molecule has 0 aliphatic carbocycles. The predicted molar refractivity (Wildman–Crippen MR) is 70.6 cm³/mol. The second-order valence-corrected chi connectivity index (χ2v) is 4.26. The zero-order valence-electron chi connectivity index (χ0n) is 11.1. The Bertz CT molecular complexity index is 365. The summed E-state index contributed by atoms with van der Waals surface area (Å²) in [5, 5.41) is 13.5. The van der Waals surface area contributed by atoms with Gasteiger partial charge in [-0.25, -0.2) is 4.79 Å². The van der Waals surface area contributed by atoms with Gasteiger partial charge in [-0.2, -0.15) is 0 Å². The van der Waals surface area contributed by atoms with Crippen LogP contribution < -0.4 is 10.6 Å². The molecule has 6 heteroatoms. The highest BCUT2D eigenvalue weighted by Crippen LogP contribution is 2.07. The summed E-state index contributed by atoms with van der Waals surface area (Å²) in [5.41, 5.74) is 0. The maximum absolute atomic E-state index is 11.1. The average molecular weight is 252 g/mol. The minimum Gasteiger partial charge on any atom is -0.450 e. The zero-order chi connectivity index (χ0) is 13.4. The quantitative estimate of drug-likeness (QED) is 0.813. The van der Waals surface area contributed by atoms with Crippen LogP contribution in [0.2, 0.25) is 0 Å². The Morgan fingerprint density at radius 1 is 1.33 bits per heavy atom. The third-order valence-corrected chi connectivity index (χ3v) is 2.20. The zero-order valence-corrected chi connectivity index (χ0v) is 11.1. The Morgan fingerprint density at radius 3 is 2.56 bits per heavy atom. The average Bonchev–Trinajstić information content (AvgIpc) is 2.31.